The first-order valence-corrected chi connectivity index (χ1v) is 8.80. The molecule has 0 saturated carbocycles. The van der Waals surface area contributed by atoms with Crippen LogP contribution in [0, 0.1) is 12.1 Å². The molecular formula is C22H17N3O4. The van der Waals surface area contributed by atoms with E-state index >= 15 is 0 Å². The number of hydrazone groups is 1. The molecule has 0 aliphatic rings. The first-order valence-electron chi connectivity index (χ1n) is 8.80. The predicted molar refractivity (Wildman–Crippen MR) is 108 cm³/mol. The number of ether oxygens (including phenoxy) is 2. The third-order valence-corrected chi connectivity index (χ3v) is 4.15. The van der Waals surface area contributed by atoms with Crippen LogP contribution < -0.4 is 14.9 Å². The second-order valence-electron chi connectivity index (χ2n) is 6.08. The number of furan rings is 1. The highest BCUT2D eigenvalue weighted by Crippen LogP contribution is 2.33. The summed E-state index contributed by atoms with van der Waals surface area (Å²) < 4.78 is 16.3. The van der Waals surface area contributed by atoms with E-state index in [0.717, 1.165) is 10.9 Å². The molecule has 29 heavy (non-hydrogen) atoms. The van der Waals surface area contributed by atoms with Gasteiger partial charge in [-0.05, 0) is 42.5 Å². The minimum absolute atomic E-state index is 0.205. The largest absolute Gasteiger partial charge is 0.497 e. The molecule has 4 aromatic rings. The van der Waals surface area contributed by atoms with Crippen molar-refractivity contribution in [2.24, 2.45) is 5.10 Å². The SMILES string of the molecule is COc1ccc(OCC(=O)N/N=C/c2c#cc3cc[nH]c3c2)c(-c2ccco2)c1. The van der Waals surface area contributed by atoms with Gasteiger partial charge in [-0.15, -0.1) is 0 Å². The van der Waals surface area contributed by atoms with E-state index in [1.807, 2.05) is 18.3 Å². The van der Waals surface area contributed by atoms with Crippen LogP contribution in [0.15, 0.2) is 64.4 Å². The fraction of sp³-hybridized carbons (Fsp3) is 0.0909. The van der Waals surface area contributed by atoms with Gasteiger partial charge in [0.05, 0.1) is 30.7 Å². The second kappa shape index (κ2) is 8.23. The normalized spacial score (nSPS) is 10.8. The summed E-state index contributed by atoms with van der Waals surface area (Å²) in [6.07, 6.45) is 4.89. The molecule has 0 unspecified atom stereocenters. The highest BCUT2D eigenvalue weighted by Gasteiger charge is 2.12. The van der Waals surface area contributed by atoms with E-state index < -0.39 is 5.91 Å². The molecule has 7 heteroatoms. The number of fused-ring (bicyclic) bond motifs is 1. The molecule has 0 fully saturated rings. The lowest BCUT2D eigenvalue weighted by Crippen LogP contribution is -2.24. The average Bonchev–Trinajstić information content (AvgIpc) is 3.43. The lowest BCUT2D eigenvalue weighted by molar-refractivity contribution is -0.123. The second-order valence-corrected chi connectivity index (χ2v) is 6.08. The quantitative estimate of drug-likeness (QED) is 0.375. The lowest BCUT2D eigenvalue weighted by Gasteiger charge is -2.11. The fourth-order valence-electron chi connectivity index (χ4n) is 2.75. The van der Waals surface area contributed by atoms with E-state index in [1.165, 1.54) is 6.21 Å². The monoisotopic (exact) mass is 387 g/mol. The number of nitrogens with one attached hydrogen (secondary N) is 2. The van der Waals surface area contributed by atoms with E-state index in [4.69, 9.17) is 13.9 Å². The lowest BCUT2D eigenvalue weighted by atomic mass is 10.1. The highest BCUT2D eigenvalue weighted by atomic mass is 16.5. The molecule has 144 valence electrons. The van der Waals surface area contributed by atoms with Gasteiger partial charge in [0.15, 0.2) is 6.61 Å². The number of nitrogens with zero attached hydrogens (tertiary/aromatic N) is 1. The van der Waals surface area contributed by atoms with Gasteiger partial charge in [-0.1, -0.05) is 12.1 Å². The molecule has 0 aliphatic heterocycles. The Morgan fingerprint density at radius 3 is 3.03 bits per heavy atom. The van der Waals surface area contributed by atoms with E-state index in [0.29, 0.717) is 28.4 Å². The maximum atomic E-state index is 12.1. The Morgan fingerprint density at radius 2 is 2.21 bits per heavy atom. The molecule has 0 spiro atoms. The van der Waals surface area contributed by atoms with Gasteiger partial charge in [0.25, 0.3) is 5.91 Å². The number of methoxy groups -OCH3 is 1. The van der Waals surface area contributed by atoms with Gasteiger partial charge >= 0.3 is 0 Å². The Bertz CT molecular complexity index is 1150. The van der Waals surface area contributed by atoms with Gasteiger partial charge < -0.3 is 18.9 Å². The molecule has 0 saturated heterocycles. The first-order chi connectivity index (χ1) is 14.2. The van der Waals surface area contributed by atoms with Crippen molar-refractivity contribution in [1.29, 1.82) is 0 Å². The van der Waals surface area contributed by atoms with Crippen molar-refractivity contribution in [1.82, 2.24) is 10.4 Å². The van der Waals surface area contributed by atoms with Gasteiger partial charge in [-0.2, -0.15) is 5.10 Å². The summed E-state index contributed by atoms with van der Waals surface area (Å²) in [5.41, 5.74) is 4.74. The predicted octanol–water partition coefficient (Wildman–Crippen LogP) is 3.57. The molecule has 0 atom stereocenters. The van der Waals surface area contributed by atoms with Crippen LogP contribution in [0.1, 0.15) is 5.56 Å². The molecule has 2 aromatic heterocycles. The van der Waals surface area contributed by atoms with Crippen LogP contribution in [0.2, 0.25) is 0 Å². The van der Waals surface area contributed by atoms with Gasteiger partial charge in [0.1, 0.15) is 17.3 Å². The summed E-state index contributed by atoms with van der Waals surface area (Å²) in [7, 11) is 1.58. The van der Waals surface area contributed by atoms with Crippen LogP contribution in [0.5, 0.6) is 11.5 Å². The van der Waals surface area contributed by atoms with E-state index in [9.17, 15) is 4.79 Å². The molecule has 4 rings (SSSR count). The van der Waals surface area contributed by atoms with Crippen molar-refractivity contribution in [2.75, 3.05) is 13.7 Å². The molecule has 2 N–H and O–H groups in total. The summed E-state index contributed by atoms with van der Waals surface area (Å²) in [6, 6.07) is 18.6. The van der Waals surface area contributed by atoms with Gasteiger partial charge in [0.2, 0.25) is 0 Å². The Balaban J connectivity index is 1.38. The Hall–Kier alpha value is -4.18. The fourth-order valence-corrected chi connectivity index (χ4v) is 2.75. The number of rotatable bonds is 7. The van der Waals surface area contributed by atoms with Crippen LogP contribution in [0.25, 0.3) is 22.2 Å². The zero-order valence-electron chi connectivity index (χ0n) is 15.6. The molecule has 0 radical (unpaired) electrons. The zero-order valence-corrected chi connectivity index (χ0v) is 15.6. The van der Waals surface area contributed by atoms with Crippen molar-refractivity contribution >= 4 is 23.0 Å². The van der Waals surface area contributed by atoms with Crippen LogP contribution in [0.3, 0.4) is 0 Å². The number of hydrogen-bond acceptors (Lipinski definition) is 5. The van der Waals surface area contributed by atoms with Crippen molar-refractivity contribution in [3.05, 3.63) is 72.6 Å². The highest BCUT2D eigenvalue weighted by molar-refractivity contribution is 5.87. The summed E-state index contributed by atoms with van der Waals surface area (Å²) in [5.74, 6) is 1.38. The molecular weight excluding hydrogens is 370 g/mol. The summed E-state index contributed by atoms with van der Waals surface area (Å²) >= 11 is 0. The number of aromatic nitrogens is 1. The van der Waals surface area contributed by atoms with Crippen LogP contribution in [-0.4, -0.2) is 30.8 Å². The molecule has 2 aromatic carbocycles. The van der Waals surface area contributed by atoms with E-state index in [-0.39, 0.29) is 6.61 Å². The molecule has 0 bridgehead atoms. The average molecular weight is 387 g/mol. The maximum Gasteiger partial charge on any atom is 0.277 e. The molecule has 2 heterocycles. The van der Waals surface area contributed by atoms with Crippen molar-refractivity contribution < 1.29 is 18.7 Å². The number of H-pyrrole nitrogens is 1. The minimum Gasteiger partial charge on any atom is -0.497 e. The first kappa shape index (κ1) is 18.2. The number of carbonyl (C=O) groups excluding carboxylic acids is 1. The van der Waals surface area contributed by atoms with Crippen molar-refractivity contribution in [3.63, 3.8) is 0 Å². The van der Waals surface area contributed by atoms with E-state index in [1.54, 1.807) is 43.7 Å². The third-order valence-electron chi connectivity index (χ3n) is 4.15. The number of carbonyl (C=O) groups is 1. The van der Waals surface area contributed by atoms with Gasteiger partial charge in [-0.25, -0.2) is 5.43 Å². The summed E-state index contributed by atoms with van der Waals surface area (Å²) in [5, 5.41) is 4.87. The topological polar surface area (TPSA) is 88.9 Å². The number of hydrogen-bond donors (Lipinski definition) is 2. The van der Waals surface area contributed by atoms with Crippen molar-refractivity contribution in [2.45, 2.75) is 0 Å². The smallest absolute Gasteiger partial charge is 0.277 e. The van der Waals surface area contributed by atoms with Gasteiger partial charge in [-0.3, -0.25) is 4.79 Å². The van der Waals surface area contributed by atoms with E-state index in [2.05, 4.69) is 27.6 Å². The van der Waals surface area contributed by atoms with Crippen LogP contribution in [0.4, 0.5) is 0 Å². The van der Waals surface area contributed by atoms with Crippen LogP contribution in [-0.2, 0) is 4.79 Å². The third kappa shape index (κ3) is 4.22. The number of amides is 1. The number of aromatic amines is 1. The minimum atomic E-state index is -0.396. The molecule has 7 nitrogen and oxygen atoms in total. The Kier molecular flexibility index (Phi) is 5.16. The summed E-state index contributed by atoms with van der Waals surface area (Å²) in [4.78, 5) is 15.2. The maximum absolute atomic E-state index is 12.1. The van der Waals surface area contributed by atoms with Gasteiger partial charge in [0, 0.05) is 17.1 Å². The molecule has 0 aliphatic carbocycles. The summed E-state index contributed by atoms with van der Waals surface area (Å²) in [6.45, 7) is -0.205. The van der Waals surface area contributed by atoms with Crippen LogP contribution >= 0.6 is 0 Å². The number of benzene rings is 1. The van der Waals surface area contributed by atoms with Crippen molar-refractivity contribution in [3.8, 4) is 22.8 Å². The zero-order chi connectivity index (χ0) is 20.1. The standard InChI is InChI=1S/C22H17N3O4/c1-27-17-6-7-21(18(12-17)20-3-2-10-28-20)29-14-22(26)25-24-13-15-4-5-16-8-9-23-19(16)11-15/h2-3,6-13,23H,14H2,1H3,(H,25,26)/b24-13+. The Morgan fingerprint density at radius 1 is 1.28 bits per heavy atom. The molecule has 1 amide bonds. The Labute approximate surface area is 166 Å².